The van der Waals surface area contributed by atoms with E-state index >= 15 is 0 Å². The van der Waals surface area contributed by atoms with Crippen molar-refractivity contribution < 1.29 is 9.84 Å². The van der Waals surface area contributed by atoms with E-state index in [9.17, 15) is 5.11 Å². The summed E-state index contributed by atoms with van der Waals surface area (Å²) >= 11 is 0. The molecule has 18 heavy (non-hydrogen) atoms. The Labute approximate surface area is 109 Å². The first kappa shape index (κ1) is 13.2. The summed E-state index contributed by atoms with van der Waals surface area (Å²) in [6.45, 7) is 4.20. The molecule has 0 aliphatic carbocycles. The number of phenols is 1. The molecule has 2 rings (SSSR count). The molecule has 1 fully saturated rings. The summed E-state index contributed by atoms with van der Waals surface area (Å²) in [6.07, 6.45) is 5.06. The molecule has 3 heteroatoms. The lowest BCUT2D eigenvalue weighted by Gasteiger charge is -2.35. The lowest BCUT2D eigenvalue weighted by molar-refractivity contribution is 0.134. The molecule has 1 saturated heterocycles. The summed E-state index contributed by atoms with van der Waals surface area (Å²) in [5, 5.41) is 10.1. The maximum Gasteiger partial charge on any atom is 0.162 e. The number of hydrogen-bond acceptors (Lipinski definition) is 3. The van der Waals surface area contributed by atoms with Crippen LogP contribution in [0.2, 0.25) is 0 Å². The molecule has 1 aliphatic heterocycles. The summed E-state index contributed by atoms with van der Waals surface area (Å²) in [5.74, 6) is 0.859. The fourth-order valence-electron chi connectivity index (χ4n) is 2.81. The molecule has 3 nitrogen and oxygen atoms in total. The van der Waals surface area contributed by atoms with Crippen LogP contribution in [0.3, 0.4) is 0 Å². The minimum Gasteiger partial charge on any atom is -0.504 e. The van der Waals surface area contributed by atoms with Crippen LogP contribution in [0.4, 0.5) is 0 Å². The van der Waals surface area contributed by atoms with E-state index in [-0.39, 0.29) is 0 Å². The van der Waals surface area contributed by atoms with Crippen LogP contribution in [0, 0.1) is 0 Å². The fourth-order valence-corrected chi connectivity index (χ4v) is 2.81. The van der Waals surface area contributed by atoms with Gasteiger partial charge in [-0.25, -0.2) is 0 Å². The van der Waals surface area contributed by atoms with Crippen molar-refractivity contribution in [2.75, 3.05) is 13.7 Å². The van der Waals surface area contributed by atoms with E-state index in [4.69, 9.17) is 4.74 Å². The first-order valence-electron chi connectivity index (χ1n) is 6.85. The summed E-state index contributed by atoms with van der Waals surface area (Å²) in [5.41, 5.74) is 0.967. The van der Waals surface area contributed by atoms with Gasteiger partial charge in [0.15, 0.2) is 11.5 Å². The monoisotopic (exact) mass is 249 g/mol. The molecule has 1 atom stereocenters. The summed E-state index contributed by atoms with van der Waals surface area (Å²) in [7, 11) is 1.59. The van der Waals surface area contributed by atoms with E-state index in [1.807, 2.05) is 12.1 Å². The Morgan fingerprint density at radius 1 is 1.39 bits per heavy atom. The molecule has 0 radical (unpaired) electrons. The van der Waals surface area contributed by atoms with Gasteiger partial charge >= 0.3 is 0 Å². The fraction of sp³-hybridized carbons (Fsp3) is 0.600. The lowest BCUT2D eigenvalue weighted by Crippen LogP contribution is -2.38. The van der Waals surface area contributed by atoms with Crippen LogP contribution >= 0.6 is 0 Å². The first-order chi connectivity index (χ1) is 8.76. The molecular formula is C15H23NO2. The molecule has 1 aliphatic rings. The second-order valence-electron chi connectivity index (χ2n) is 5.00. The molecule has 1 aromatic rings. The zero-order valence-corrected chi connectivity index (χ0v) is 11.4. The van der Waals surface area contributed by atoms with Gasteiger partial charge in [-0.2, -0.15) is 0 Å². The van der Waals surface area contributed by atoms with Crippen LogP contribution in [0.1, 0.15) is 38.2 Å². The maximum atomic E-state index is 10.1. The number of aromatic hydroxyl groups is 1. The highest BCUT2D eigenvalue weighted by molar-refractivity contribution is 5.45. The van der Waals surface area contributed by atoms with Gasteiger partial charge < -0.3 is 9.84 Å². The van der Waals surface area contributed by atoms with E-state index in [1.54, 1.807) is 13.2 Å². The molecule has 0 amide bonds. The molecule has 1 unspecified atom stereocenters. The highest BCUT2D eigenvalue weighted by Gasteiger charge is 2.22. The standard InChI is InChI=1S/C15H23NO2/c1-3-13-8-4-5-10-16(13)11-12-7-6-9-14(18-2)15(12)17/h6-7,9,13,17H,3-5,8,10-11H2,1-2H3. The second-order valence-corrected chi connectivity index (χ2v) is 5.00. The third kappa shape index (κ3) is 2.78. The zero-order valence-electron chi connectivity index (χ0n) is 11.4. The summed E-state index contributed by atoms with van der Waals surface area (Å²) in [6, 6.07) is 6.38. The number of piperidine rings is 1. The molecule has 0 saturated carbocycles. The Morgan fingerprint density at radius 3 is 2.94 bits per heavy atom. The van der Waals surface area contributed by atoms with Crippen LogP contribution < -0.4 is 4.74 Å². The molecular weight excluding hydrogens is 226 g/mol. The minimum atomic E-state index is 0.292. The highest BCUT2D eigenvalue weighted by Crippen LogP contribution is 2.32. The number of phenolic OH excluding ortho intramolecular Hbond substituents is 1. The molecule has 1 N–H and O–H groups in total. The van der Waals surface area contributed by atoms with Crippen molar-refractivity contribution in [2.24, 2.45) is 0 Å². The minimum absolute atomic E-state index is 0.292. The van der Waals surface area contributed by atoms with E-state index < -0.39 is 0 Å². The molecule has 1 aromatic carbocycles. The van der Waals surface area contributed by atoms with Gasteiger partial charge in [0.05, 0.1) is 7.11 Å². The topological polar surface area (TPSA) is 32.7 Å². The quantitative estimate of drug-likeness (QED) is 0.889. The van der Waals surface area contributed by atoms with Crippen molar-refractivity contribution >= 4 is 0 Å². The number of likely N-dealkylation sites (tertiary alicyclic amines) is 1. The number of rotatable bonds is 4. The van der Waals surface area contributed by atoms with Crippen LogP contribution in [0.25, 0.3) is 0 Å². The van der Waals surface area contributed by atoms with Crippen LogP contribution in [-0.4, -0.2) is 29.7 Å². The third-order valence-electron chi connectivity index (χ3n) is 3.90. The Balaban J connectivity index is 2.12. The van der Waals surface area contributed by atoms with Gasteiger partial charge in [0, 0.05) is 18.2 Å². The predicted molar refractivity (Wildman–Crippen MR) is 73.0 cm³/mol. The lowest BCUT2D eigenvalue weighted by atomic mass is 9.99. The molecule has 100 valence electrons. The van der Waals surface area contributed by atoms with E-state index in [0.717, 1.165) is 18.7 Å². The highest BCUT2D eigenvalue weighted by atomic mass is 16.5. The average molecular weight is 249 g/mol. The normalized spacial score (nSPS) is 20.9. The van der Waals surface area contributed by atoms with Gasteiger partial charge in [-0.05, 0) is 31.9 Å². The second kappa shape index (κ2) is 6.10. The van der Waals surface area contributed by atoms with Gasteiger partial charge in [0.2, 0.25) is 0 Å². The Bertz CT molecular complexity index is 392. The Kier molecular flexibility index (Phi) is 4.48. The molecule has 1 heterocycles. The molecule has 0 aromatic heterocycles. The Hall–Kier alpha value is -1.22. The maximum absolute atomic E-state index is 10.1. The van der Waals surface area contributed by atoms with Crippen molar-refractivity contribution in [1.82, 2.24) is 4.90 Å². The third-order valence-corrected chi connectivity index (χ3v) is 3.90. The van der Waals surface area contributed by atoms with Gasteiger partial charge in [-0.15, -0.1) is 0 Å². The van der Waals surface area contributed by atoms with Crippen LogP contribution in [0.5, 0.6) is 11.5 Å². The van der Waals surface area contributed by atoms with E-state index in [0.29, 0.717) is 17.5 Å². The number of methoxy groups -OCH3 is 1. The van der Waals surface area contributed by atoms with Crippen molar-refractivity contribution in [3.63, 3.8) is 0 Å². The largest absolute Gasteiger partial charge is 0.504 e. The number of para-hydroxylation sites is 1. The van der Waals surface area contributed by atoms with Gasteiger partial charge in [-0.3, -0.25) is 4.90 Å². The number of nitrogens with zero attached hydrogens (tertiary/aromatic N) is 1. The van der Waals surface area contributed by atoms with Crippen molar-refractivity contribution in [1.29, 1.82) is 0 Å². The number of ether oxygens (including phenoxy) is 1. The van der Waals surface area contributed by atoms with Gasteiger partial charge in [0.1, 0.15) is 0 Å². The van der Waals surface area contributed by atoms with Crippen LogP contribution in [-0.2, 0) is 6.54 Å². The molecule has 0 bridgehead atoms. The summed E-state index contributed by atoms with van der Waals surface area (Å²) < 4.78 is 5.16. The average Bonchev–Trinajstić information content (AvgIpc) is 2.42. The predicted octanol–water partition coefficient (Wildman–Crippen LogP) is 3.17. The van der Waals surface area contributed by atoms with Gasteiger partial charge in [0.25, 0.3) is 0 Å². The summed E-state index contributed by atoms with van der Waals surface area (Å²) in [4.78, 5) is 2.48. The number of benzene rings is 1. The van der Waals surface area contributed by atoms with Crippen LogP contribution in [0.15, 0.2) is 18.2 Å². The van der Waals surface area contributed by atoms with Crippen molar-refractivity contribution in [2.45, 2.75) is 45.2 Å². The zero-order chi connectivity index (χ0) is 13.0. The van der Waals surface area contributed by atoms with E-state index in [1.165, 1.54) is 25.7 Å². The van der Waals surface area contributed by atoms with Crippen molar-refractivity contribution in [3.05, 3.63) is 23.8 Å². The van der Waals surface area contributed by atoms with E-state index in [2.05, 4.69) is 11.8 Å². The Morgan fingerprint density at radius 2 is 2.22 bits per heavy atom. The molecule has 0 spiro atoms. The smallest absolute Gasteiger partial charge is 0.162 e. The van der Waals surface area contributed by atoms with Gasteiger partial charge in [-0.1, -0.05) is 25.5 Å². The van der Waals surface area contributed by atoms with Crippen molar-refractivity contribution in [3.8, 4) is 11.5 Å². The SMILES string of the molecule is CCC1CCCCN1Cc1cccc(OC)c1O. The first-order valence-corrected chi connectivity index (χ1v) is 6.85. The number of hydrogen-bond donors (Lipinski definition) is 1.